The molecule has 2 aromatic rings. The standard InChI is InChI=1S/C16H19N3OS/c1-10-9-21-16(18-10)11(2)19-15(20)13-5-3-7-14-12(13)6-4-8-17-14/h3,5,7,9,11,17H,4,6,8H2,1-2H3,(H,19,20). The van der Waals surface area contributed by atoms with Crippen molar-refractivity contribution in [3.05, 3.63) is 45.4 Å². The number of rotatable bonds is 3. The average molecular weight is 301 g/mol. The number of amides is 1. The summed E-state index contributed by atoms with van der Waals surface area (Å²) in [5.41, 5.74) is 3.99. The number of nitrogens with one attached hydrogen (secondary N) is 2. The summed E-state index contributed by atoms with van der Waals surface area (Å²) in [4.78, 5) is 17.0. The average Bonchev–Trinajstić information content (AvgIpc) is 2.93. The zero-order chi connectivity index (χ0) is 14.8. The van der Waals surface area contributed by atoms with E-state index in [1.807, 2.05) is 37.4 Å². The number of aromatic nitrogens is 1. The quantitative estimate of drug-likeness (QED) is 0.914. The van der Waals surface area contributed by atoms with Gasteiger partial charge in [-0.2, -0.15) is 0 Å². The van der Waals surface area contributed by atoms with Gasteiger partial charge < -0.3 is 10.6 Å². The SMILES string of the molecule is Cc1csc(C(C)NC(=O)c2cccc3c2CCCN3)n1. The third kappa shape index (κ3) is 2.93. The molecule has 1 aliphatic rings. The van der Waals surface area contributed by atoms with Crippen LogP contribution in [0.3, 0.4) is 0 Å². The van der Waals surface area contributed by atoms with Gasteiger partial charge >= 0.3 is 0 Å². The van der Waals surface area contributed by atoms with Crippen LogP contribution in [-0.4, -0.2) is 17.4 Å². The molecular weight excluding hydrogens is 282 g/mol. The van der Waals surface area contributed by atoms with E-state index in [4.69, 9.17) is 0 Å². The topological polar surface area (TPSA) is 54.0 Å². The van der Waals surface area contributed by atoms with Crippen LogP contribution in [0.5, 0.6) is 0 Å². The highest BCUT2D eigenvalue weighted by atomic mass is 32.1. The Labute approximate surface area is 128 Å². The Kier molecular flexibility index (Phi) is 3.92. The van der Waals surface area contributed by atoms with Crippen LogP contribution in [0, 0.1) is 6.92 Å². The van der Waals surface area contributed by atoms with Gasteiger partial charge in [0.2, 0.25) is 0 Å². The van der Waals surface area contributed by atoms with E-state index in [0.717, 1.165) is 46.9 Å². The van der Waals surface area contributed by atoms with Crippen molar-refractivity contribution in [1.29, 1.82) is 0 Å². The summed E-state index contributed by atoms with van der Waals surface area (Å²) in [6.45, 7) is 4.92. The first kappa shape index (κ1) is 14.1. The lowest BCUT2D eigenvalue weighted by Crippen LogP contribution is -2.28. The van der Waals surface area contributed by atoms with Crippen molar-refractivity contribution in [2.45, 2.75) is 32.7 Å². The molecule has 0 saturated heterocycles. The molecule has 1 aromatic carbocycles. The smallest absolute Gasteiger partial charge is 0.252 e. The van der Waals surface area contributed by atoms with Crippen LogP contribution in [0.2, 0.25) is 0 Å². The normalized spacial score (nSPS) is 15.0. The largest absolute Gasteiger partial charge is 0.385 e. The Bertz CT molecular complexity index is 665. The molecule has 0 fully saturated rings. The molecule has 21 heavy (non-hydrogen) atoms. The maximum atomic E-state index is 12.5. The zero-order valence-corrected chi connectivity index (χ0v) is 13.1. The van der Waals surface area contributed by atoms with Crippen molar-refractivity contribution in [2.75, 3.05) is 11.9 Å². The van der Waals surface area contributed by atoms with Crippen molar-refractivity contribution in [3.8, 4) is 0 Å². The Morgan fingerprint density at radius 1 is 1.48 bits per heavy atom. The summed E-state index contributed by atoms with van der Waals surface area (Å²) in [6.07, 6.45) is 2.02. The van der Waals surface area contributed by atoms with E-state index in [0.29, 0.717) is 0 Å². The first-order valence-corrected chi connectivity index (χ1v) is 8.12. The van der Waals surface area contributed by atoms with Crippen LogP contribution in [-0.2, 0) is 6.42 Å². The van der Waals surface area contributed by atoms with Crippen LogP contribution < -0.4 is 10.6 Å². The number of carbonyl (C=O) groups excluding carboxylic acids is 1. The molecule has 2 N–H and O–H groups in total. The lowest BCUT2D eigenvalue weighted by molar-refractivity contribution is 0.0939. The van der Waals surface area contributed by atoms with Gasteiger partial charge in [0.05, 0.1) is 6.04 Å². The fourth-order valence-electron chi connectivity index (χ4n) is 2.63. The first-order valence-electron chi connectivity index (χ1n) is 7.24. The second-order valence-corrected chi connectivity index (χ2v) is 6.27. The second kappa shape index (κ2) is 5.85. The molecule has 2 heterocycles. The fraction of sp³-hybridized carbons (Fsp3) is 0.375. The summed E-state index contributed by atoms with van der Waals surface area (Å²) >= 11 is 1.59. The fourth-order valence-corrected chi connectivity index (χ4v) is 3.43. The van der Waals surface area contributed by atoms with Crippen molar-refractivity contribution in [2.24, 2.45) is 0 Å². The van der Waals surface area contributed by atoms with E-state index in [9.17, 15) is 4.79 Å². The van der Waals surface area contributed by atoms with E-state index < -0.39 is 0 Å². The monoisotopic (exact) mass is 301 g/mol. The Balaban J connectivity index is 1.79. The number of hydrogen-bond acceptors (Lipinski definition) is 4. The van der Waals surface area contributed by atoms with E-state index in [2.05, 4.69) is 15.6 Å². The Hall–Kier alpha value is -1.88. The number of aryl methyl sites for hydroxylation is 1. The van der Waals surface area contributed by atoms with E-state index in [1.165, 1.54) is 0 Å². The number of fused-ring (bicyclic) bond motifs is 1. The van der Waals surface area contributed by atoms with Gasteiger partial charge in [0.25, 0.3) is 5.91 Å². The zero-order valence-electron chi connectivity index (χ0n) is 12.3. The number of hydrogen-bond donors (Lipinski definition) is 2. The Morgan fingerprint density at radius 2 is 2.33 bits per heavy atom. The molecule has 1 amide bonds. The molecule has 1 atom stereocenters. The highest BCUT2D eigenvalue weighted by Gasteiger charge is 2.19. The molecule has 5 heteroatoms. The lowest BCUT2D eigenvalue weighted by atomic mass is 9.97. The Morgan fingerprint density at radius 3 is 3.10 bits per heavy atom. The molecule has 110 valence electrons. The van der Waals surface area contributed by atoms with Crippen LogP contribution in [0.15, 0.2) is 23.6 Å². The van der Waals surface area contributed by atoms with Crippen molar-refractivity contribution in [1.82, 2.24) is 10.3 Å². The van der Waals surface area contributed by atoms with Crippen LogP contribution in [0.4, 0.5) is 5.69 Å². The minimum Gasteiger partial charge on any atom is -0.385 e. The minimum atomic E-state index is -0.0661. The van der Waals surface area contributed by atoms with Crippen LogP contribution >= 0.6 is 11.3 Å². The maximum absolute atomic E-state index is 12.5. The molecule has 3 rings (SSSR count). The number of nitrogens with zero attached hydrogens (tertiary/aromatic N) is 1. The van der Waals surface area contributed by atoms with Gasteiger partial charge in [-0.15, -0.1) is 11.3 Å². The van der Waals surface area contributed by atoms with Crippen LogP contribution in [0.25, 0.3) is 0 Å². The molecule has 0 aliphatic carbocycles. The predicted molar refractivity (Wildman–Crippen MR) is 86.0 cm³/mol. The molecule has 0 bridgehead atoms. The van der Waals surface area contributed by atoms with Gasteiger partial charge in [0.15, 0.2) is 0 Å². The number of thiazole rings is 1. The third-order valence-corrected chi connectivity index (χ3v) is 4.84. The number of benzene rings is 1. The highest BCUT2D eigenvalue weighted by Crippen LogP contribution is 2.26. The molecule has 1 aromatic heterocycles. The third-order valence-electron chi connectivity index (χ3n) is 3.69. The summed E-state index contributed by atoms with van der Waals surface area (Å²) in [6, 6.07) is 5.81. The number of carbonyl (C=O) groups is 1. The molecule has 0 spiro atoms. The molecule has 1 aliphatic heterocycles. The maximum Gasteiger partial charge on any atom is 0.252 e. The molecule has 4 nitrogen and oxygen atoms in total. The highest BCUT2D eigenvalue weighted by molar-refractivity contribution is 7.09. The van der Waals surface area contributed by atoms with Crippen molar-refractivity contribution >= 4 is 22.9 Å². The van der Waals surface area contributed by atoms with E-state index >= 15 is 0 Å². The van der Waals surface area contributed by atoms with Gasteiger partial charge in [-0.1, -0.05) is 6.07 Å². The van der Waals surface area contributed by atoms with Crippen LogP contribution in [0.1, 0.15) is 46.0 Å². The molecule has 1 unspecified atom stereocenters. The van der Waals surface area contributed by atoms with Crippen molar-refractivity contribution in [3.63, 3.8) is 0 Å². The van der Waals surface area contributed by atoms with E-state index in [1.54, 1.807) is 11.3 Å². The lowest BCUT2D eigenvalue weighted by Gasteiger charge is -2.21. The molecule has 0 radical (unpaired) electrons. The van der Waals surface area contributed by atoms with Crippen molar-refractivity contribution < 1.29 is 4.79 Å². The summed E-state index contributed by atoms with van der Waals surface area (Å²) in [5, 5.41) is 9.37. The van der Waals surface area contributed by atoms with Gasteiger partial charge in [0, 0.05) is 28.9 Å². The summed E-state index contributed by atoms with van der Waals surface area (Å²) in [5.74, 6) is -0.0177. The van der Waals surface area contributed by atoms with E-state index in [-0.39, 0.29) is 11.9 Å². The summed E-state index contributed by atoms with van der Waals surface area (Å²) < 4.78 is 0. The van der Waals surface area contributed by atoms with Gasteiger partial charge in [0.1, 0.15) is 5.01 Å². The minimum absolute atomic E-state index is 0.0177. The predicted octanol–water partition coefficient (Wildman–Crippen LogP) is 3.30. The summed E-state index contributed by atoms with van der Waals surface area (Å²) in [7, 11) is 0. The van der Waals surface area contributed by atoms with Gasteiger partial charge in [-0.3, -0.25) is 4.79 Å². The molecule has 0 saturated carbocycles. The molecular formula is C16H19N3OS. The van der Waals surface area contributed by atoms with Gasteiger partial charge in [-0.05, 0) is 44.4 Å². The van der Waals surface area contributed by atoms with Gasteiger partial charge in [-0.25, -0.2) is 4.98 Å². The second-order valence-electron chi connectivity index (χ2n) is 5.38. The number of anilines is 1. The first-order chi connectivity index (χ1) is 10.1.